The Balaban J connectivity index is 2.11. The van der Waals surface area contributed by atoms with Gasteiger partial charge in [0.25, 0.3) is 0 Å². The standard InChI is InChI=1S/C14H15FN2O/c1-2-10-6-14(18)17(8-10)9-12-4-3-11(7-16)5-13(12)15/h3-5,10H,2,6,8-9H2,1H3. The quantitative estimate of drug-likeness (QED) is 0.822. The molecule has 0 aliphatic carbocycles. The van der Waals surface area contributed by atoms with Crippen molar-refractivity contribution in [3.05, 3.63) is 35.1 Å². The Morgan fingerprint density at radius 2 is 2.33 bits per heavy atom. The maximum absolute atomic E-state index is 13.7. The predicted octanol–water partition coefficient (Wildman–Crippen LogP) is 2.46. The van der Waals surface area contributed by atoms with Crippen LogP contribution in [0.3, 0.4) is 0 Å². The molecule has 1 heterocycles. The topological polar surface area (TPSA) is 44.1 Å². The monoisotopic (exact) mass is 246 g/mol. The first-order chi connectivity index (χ1) is 8.63. The van der Waals surface area contributed by atoms with Gasteiger partial charge in [0.2, 0.25) is 5.91 Å². The first-order valence-corrected chi connectivity index (χ1v) is 6.10. The second-order valence-corrected chi connectivity index (χ2v) is 4.67. The normalized spacial score (nSPS) is 19.1. The average Bonchev–Trinajstić information content (AvgIpc) is 2.72. The van der Waals surface area contributed by atoms with Crippen molar-refractivity contribution in [3.8, 4) is 6.07 Å². The van der Waals surface area contributed by atoms with Crippen LogP contribution in [0.15, 0.2) is 18.2 Å². The third-order valence-electron chi connectivity index (χ3n) is 3.42. The molecule has 1 unspecified atom stereocenters. The highest BCUT2D eigenvalue weighted by Gasteiger charge is 2.28. The van der Waals surface area contributed by atoms with Crippen LogP contribution in [0.5, 0.6) is 0 Å². The fourth-order valence-corrected chi connectivity index (χ4v) is 2.23. The van der Waals surface area contributed by atoms with Crippen LogP contribution in [0, 0.1) is 23.1 Å². The van der Waals surface area contributed by atoms with E-state index in [2.05, 4.69) is 6.92 Å². The zero-order valence-corrected chi connectivity index (χ0v) is 10.3. The Bertz CT molecular complexity index is 507. The van der Waals surface area contributed by atoms with E-state index in [0.29, 0.717) is 36.6 Å². The van der Waals surface area contributed by atoms with Crippen LogP contribution < -0.4 is 0 Å². The predicted molar refractivity (Wildman–Crippen MR) is 64.9 cm³/mol. The number of halogens is 1. The highest BCUT2D eigenvalue weighted by Crippen LogP contribution is 2.23. The second-order valence-electron chi connectivity index (χ2n) is 4.67. The largest absolute Gasteiger partial charge is 0.338 e. The molecule has 0 spiro atoms. The number of nitrogens with zero attached hydrogens (tertiary/aromatic N) is 2. The van der Waals surface area contributed by atoms with E-state index in [0.717, 1.165) is 6.42 Å². The van der Waals surface area contributed by atoms with Crippen molar-refractivity contribution in [2.45, 2.75) is 26.3 Å². The minimum atomic E-state index is -0.415. The second kappa shape index (κ2) is 5.18. The van der Waals surface area contributed by atoms with Crippen LogP contribution >= 0.6 is 0 Å². The molecule has 1 aliphatic rings. The van der Waals surface area contributed by atoms with Gasteiger partial charge in [-0.15, -0.1) is 0 Å². The lowest BCUT2D eigenvalue weighted by molar-refractivity contribution is -0.128. The highest BCUT2D eigenvalue weighted by molar-refractivity contribution is 5.78. The van der Waals surface area contributed by atoms with Crippen molar-refractivity contribution < 1.29 is 9.18 Å². The Morgan fingerprint density at radius 3 is 2.89 bits per heavy atom. The molecule has 0 bridgehead atoms. The average molecular weight is 246 g/mol. The van der Waals surface area contributed by atoms with Gasteiger partial charge in [0, 0.05) is 25.1 Å². The van der Waals surface area contributed by atoms with Gasteiger partial charge in [-0.2, -0.15) is 5.26 Å². The lowest BCUT2D eigenvalue weighted by Gasteiger charge is -2.17. The van der Waals surface area contributed by atoms with Crippen molar-refractivity contribution in [2.24, 2.45) is 5.92 Å². The van der Waals surface area contributed by atoms with Crippen LogP contribution in [0.1, 0.15) is 30.9 Å². The number of carbonyl (C=O) groups is 1. The number of hydrogen-bond donors (Lipinski definition) is 0. The summed E-state index contributed by atoms with van der Waals surface area (Å²) in [5.41, 5.74) is 0.773. The maximum Gasteiger partial charge on any atom is 0.223 e. The van der Waals surface area contributed by atoms with E-state index in [-0.39, 0.29) is 5.91 Å². The lowest BCUT2D eigenvalue weighted by atomic mass is 10.1. The molecule has 4 heteroatoms. The molecule has 0 saturated carbocycles. The molecular formula is C14H15FN2O. The number of hydrogen-bond acceptors (Lipinski definition) is 2. The Kier molecular flexibility index (Phi) is 3.61. The molecule has 1 fully saturated rings. The number of carbonyl (C=O) groups excluding carboxylic acids is 1. The Morgan fingerprint density at radius 1 is 1.56 bits per heavy atom. The number of likely N-dealkylation sites (tertiary alicyclic amines) is 1. The van der Waals surface area contributed by atoms with Gasteiger partial charge in [-0.3, -0.25) is 4.79 Å². The summed E-state index contributed by atoms with van der Waals surface area (Å²) in [5, 5.41) is 8.66. The molecule has 94 valence electrons. The molecule has 1 aliphatic heterocycles. The third kappa shape index (κ3) is 2.51. The highest BCUT2D eigenvalue weighted by atomic mass is 19.1. The number of amides is 1. The number of benzene rings is 1. The summed E-state index contributed by atoms with van der Waals surface area (Å²) in [4.78, 5) is 13.4. The molecule has 2 rings (SSSR count). The smallest absolute Gasteiger partial charge is 0.223 e. The molecule has 1 aromatic carbocycles. The molecule has 1 aromatic rings. The minimum Gasteiger partial charge on any atom is -0.338 e. The van der Waals surface area contributed by atoms with Crippen LogP contribution in [0.25, 0.3) is 0 Å². The first kappa shape index (κ1) is 12.6. The summed E-state index contributed by atoms with van der Waals surface area (Å²) in [6.45, 7) is 3.06. The number of nitriles is 1. The van der Waals surface area contributed by atoms with E-state index < -0.39 is 5.82 Å². The van der Waals surface area contributed by atoms with E-state index in [1.807, 2.05) is 6.07 Å². The Hall–Kier alpha value is -1.89. The molecule has 0 radical (unpaired) electrons. The maximum atomic E-state index is 13.7. The summed E-state index contributed by atoms with van der Waals surface area (Å²) < 4.78 is 13.7. The number of rotatable bonds is 3. The lowest BCUT2D eigenvalue weighted by Crippen LogP contribution is -2.25. The molecule has 0 N–H and O–H groups in total. The van der Waals surface area contributed by atoms with Crippen molar-refractivity contribution in [3.63, 3.8) is 0 Å². The van der Waals surface area contributed by atoms with Crippen LogP contribution in [0.4, 0.5) is 4.39 Å². The third-order valence-corrected chi connectivity index (χ3v) is 3.42. The summed E-state index contributed by atoms with van der Waals surface area (Å²) in [7, 11) is 0. The SMILES string of the molecule is CCC1CC(=O)N(Cc2ccc(C#N)cc2F)C1. The van der Waals surface area contributed by atoms with E-state index in [9.17, 15) is 9.18 Å². The fraction of sp³-hybridized carbons (Fsp3) is 0.429. The molecule has 1 saturated heterocycles. The molecule has 0 aromatic heterocycles. The van der Waals surface area contributed by atoms with Gasteiger partial charge in [-0.25, -0.2) is 4.39 Å². The van der Waals surface area contributed by atoms with Crippen molar-refractivity contribution >= 4 is 5.91 Å². The van der Waals surface area contributed by atoms with Gasteiger partial charge >= 0.3 is 0 Å². The molecule has 3 nitrogen and oxygen atoms in total. The zero-order chi connectivity index (χ0) is 13.1. The van der Waals surface area contributed by atoms with E-state index in [4.69, 9.17) is 5.26 Å². The van der Waals surface area contributed by atoms with Crippen molar-refractivity contribution in [1.82, 2.24) is 4.90 Å². The molecular weight excluding hydrogens is 231 g/mol. The van der Waals surface area contributed by atoms with E-state index in [1.165, 1.54) is 6.07 Å². The van der Waals surface area contributed by atoms with Gasteiger partial charge < -0.3 is 4.90 Å². The van der Waals surface area contributed by atoms with Crippen molar-refractivity contribution in [1.29, 1.82) is 5.26 Å². The van der Waals surface area contributed by atoms with E-state index in [1.54, 1.807) is 17.0 Å². The molecule has 18 heavy (non-hydrogen) atoms. The van der Waals surface area contributed by atoms with Gasteiger partial charge in [0.1, 0.15) is 5.82 Å². The zero-order valence-electron chi connectivity index (χ0n) is 10.3. The summed E-state index contributed by atoms with van der Waals surface area (Å²) in [5.74, 6) is 0.0614. The van der Waals surface area contributed by atoms with Gasteiger partial charge in [0.05, 0.1) is 11.6 Å². The Labute approximate surface area is 106 Å². The summed E-state index contributed by atoms with van der Waals surface area (Å²) in [6.07, 6.45) is 1.53. The molecule has 1 atom stereocenters. The summed E-state index contributed by atoms with van der Waals surface area (Å²) in [6, 6.07) is 6.27. The van der Waals surface area contributed by atoms with Crippen LogP contribution in [0.2, 0.25) is 0 Å². The first-order valence-electron chi connectivity index (χ1n) is 6.10. The van der Waals surface area contributed by atoms with Gasteiger partial charge in [0.15, 0.2) is 0 Å². The molecule has 1 amide bonds. The van der Waals surface area contributed by atoms with Gasteiger partial charge in [-0.1, -0.05) is 19.4 Å². The minimum absolute atomic E-state index is 0.0885. The van der Waals surface area contributed by atoms with E-state index >= 15 is 0 Å². The van der Waals surface area contributed by atoms with Crippen molar-refractivity contribution in [2.75, 3.05) is 6.54 Å². The van der Waals surface area contributed by atoms with Crippen LogP contribution in [-0.4, -0.2) is 17.4 Å². The fourth-order valence-electron chi connectivity index (χ4n) is 2.23. The van der Waals surface area contributed by atoms with Gasteiger partial charge in [-0.05, 0) is 18.1 Å². The van der Waals surface area contributed by atoms with Crippen LogP contribution in [-0.2, 0) is 11.3 Å². The summed E-state index contributed by atoms with van der Waals surface area (Å²) >= 11 is 0.